The second kappa shape index (κ2) is 9.79. The van der Waals surface area contributed by atoms with Crippen LogP contribution in [0.15, 0.2) is 78.2 Å². The predicted octanol–water partition coefficient (Wildman–Crippen LogP) is 4.11. The molecule has 2 aromatic heterocycles. The van der Waals surface area contributed by atoms with Gasteiger partial charge >= 0.3 is 0 Å². The standard InChI is InChI=1S/C25H25ClN6O3S.2H2/c1-18-15-30(21-4-6-22(7-5-21)36(34,35)29-24-8-10-27-17-28-24)12-13-32(18)25(33)16-31-11-9-19-2-3-20(26)14-23(19)31;;/h2-11,14,17-18H,12-13,15-16H2,1H3,(H,27,28,29);2*1H/t18-;;/m1../s1. The number of hydrogen-bond acceptors (Lipinski definition) is 6. The highest BCUT2D eigenvalue weighted by molar-refractivity contribution is 7.92. The van der Waals surface area contributed by atoms with E-state index in [1.807, 2.05) is 46.9 Å². The van der Waals surface area contributed by atoms with E-state index in [2.05, 4.69) is 19.6 Å². The summed E-state index contributed by atoms with van der Waals surface area (Å²) in [7, 11) is -3.76. The number of hydrogen-bond donors (Lipinski definition) is 1. The molecule has 1 saturated heterocycles. The van der Waals surface area contributed by atoms with Crippen LogP contribution in [0.3, 0.4) is 0 Å². The molecule has 0 aliphatic carbocycles. The van der Waals surface area contributed by atoms with E-state index < -0.39 is 10.0 Å². The summed E-state index contributed by atoms with van der Waals surface area (Å²) < 4.78 is 29.7. The topological polar surface area (TPSA) is 100 Å². The van der Waals surface area contributed by atoms with Crippen molar-refractivity contribution in [1.29, 1.82) is 0 Å². The second-order valence-corrected chi connectivity index (χ2v) is 10.8. The van der Waals surface area contributed by atoms with Gasteiger partial charge in [0, 0.05) is 57.1 Å². The van der Waals surface area contributed by atoms with Crippen molar-refractivity contribution in [3.05, 3.63) is 78.3 Å². The fourth-order valence-corrected chi connectivity index (χ4v) is 5.65. The first-order chi connectivity index (χ1) is 17.3. The van der Waals surface area contributed by atoms with Crippen LogP contribution >= 0.6 is 11.6 Å². The molecule has 36 heavy (non-hydrogen) atoms. The van der Waals surface area contributed by atoms with Crippen molar-refractivity contribution in [2.75, 3.05) is 29.3 Å². The first-order valence-electron chi connectivity index (χ1n) is 11.5. The average molecular weight is 529 g/mol. The van der Waals surface area contributed by atoms with E-state index in [1.165, 1.54) is 18.6 Å². The molecule has 1 aliphatic heterocycles. The van der Waals surface area contributed by atoms with Crippen molar-refractivity contribution in [2.24, 2.45) is 0 Å². The van der Waals surface area contributed by atoms with Gasteiger partial charge in [-0.05, 0) is 60.8 Å². The number of sulfonamides is 1. The molecule has 4 aromatic rings. The second-order valence-electron chi connectivity index (χ2n) is 8.72. The number of carbonyl (C=O) groups excluding carboxylic acids is 1. The van der Waals surface area contributed by atoms with Crippen molar-refractivity contribution in [1.82, 2.24) is 19.4 Å². The first kappa shape index (κ1) is 24.1. The van der Waals surface area contributed by atoms with Crippen molar-refractivity contribution in [3.63, 3.8) is 0 Å². The highest BCUT2D eigenvalue weighted by Gasteiger charge is 2.28. The lowest BCUT2D eigenvalue weighted by molar-refractivity contribution is -0.134. The molecule has 1 atom stereocenters. The number of nitrogens with zero attached hydrogens (tertiary/aromatic N) is 5. The number of aromatic nitrogens is 3. The van der Waals surface area contributed by atoms with Crippen molar-refractivity contribution in [2.45, 2.75) is 24.4 Å². The Labute approximate surface area is 217 Å². The maximum atomic E-state index is 13.1. The van der Waals surface area contributed by atoms with E-state index in [0.29, 0.717) is 24.7 Å². The molecular formula is C25H29ClN6O3S. The van der Waals surface area contributed by atoms with Gasteiger partial charge in [-0.1, -0.05) is 17.7 Å². The molecule has 1 amide bonds. The number of rotatable bonds is 6. The van der Waals surface area contributed by atoms with Crippen molar-refractivity contribution < 1.29 is 16.1 Å². The predicted molar refractivity (Wildman–Crippen MR) is 144 cm³/mol. The Balaban J connectivity index is 0.00000200. The summed E-state index contributed by atoms with van der Waals surface area (Å²) in [5.74, 6) is 0.261. The number of benzene rings is 2. The number of piperazine rings is 1. The van der Waals surface area contributed by atoms with Crippen LogP contribution in [0.25, 0.3) is 10.9 Å². The zero-order valence-electron chi connectivity index (χ0n) is 19.6. The van der Waals surface area contributed by atoms with Crippen molar-refractivity contribution in [3.8, 4) is 0 Å². The van der Waals surface area contributed by atoms with E-state index in [9.17, 15) is 13.2 Å². The summed E-state index contributed by atoms with van der Waals surface area (Å²) in [5.41, 5.74) is 1.84. The molecule has 0 saturated carbocycles. The lowest BCUT2D eigenvalue weighted by atomic mass is 10.1. The molecule has 1 aliphatic rings. The van der Waals surface area contributed by atoms with Crippen LogP contribution < -0.4 is 9.62 Å². The van der Waals surface area contributed by atoms with Gasteiger partial charge in [0.25, 0.3) is 10.0 Å². The average Bonchev–Trinajstić information content (AvgIpc) is 3.26. The van der Waals surface area contributed by atoms with Crippen LogP contribution in [0.1, 0.15) is 9.78 Å². The Hall–Kier alpha value is -3.63. The molecule has 1 N–H and O–H groups in total. The van der Waals surface area contributed by atoms with Gasteiger partial charge in [-0.2, -0.15) is 0 Å². The molecule has 0 spiro atoms. The first-order valence-corrected chi connectivity index (χ1v) is 13.3. The summed E-state index contributed by atoms with van der Waals surface area (Å²) in [4.78, 5) is 25.0. The summed E-state index contributed by atoms with van der Waals surface area (Å²) in [5, 5.41) is 1.68. The number of anilines is 2. The van der Waals surface area contributed by atoms with E-state index >= 15 is 0 Å². The van der Waals surface area contributed by atoms with Gasteiger partial charge in [0.2, 0.25) is 5.91 Å². The minimum Gasteiger partial charge on any atom is -0.368 e. The summed E-state index contributed by atoms with van der Waals surface area (Å²) in [6, 6.07) is 15.8. The summed E-state index contributed by atoms with van der Waals surface area (Å²) >= 11 is 6.15. The lowest BCUT2D eigenvalue weighted by Gasteiger charge is -2.41. The highest BCUT2D eigenvalue weighted by atomic mass is 35.5. The van der Waals surface area contributed by atoms with Crippen LogP contribution in [-0.2, 0) is 21.4 Å². The van der Waals surface area contributed by atoms with E-state index in [1.54, 1.807) is 24.3 Å². The maximum absolute atomic E-state index is 13.1. The van der Waals surface area contributed by atoms with E-state index in [4.69, 9.17) is 11.6 Å². The van der Waals surface area contributed by atoms with E-state index in [-0.39, 0.29) is 32.1 Å². The van der Waals surface area contributed by atoms with Crippen LogP contribution in [0, 0.1) is 0 Å². The Morgan fingerprint density at radius 2 is 1.94 bits per heavy atom. The minimum atomic E-state index is -3.76. The zero-order valence-corrected chi connectivity index (χ0v) is 21.2. The Kier molecular flexibility index (Phi) is 6.55. The molecule has 0 bridgehead atoms. The number of amides is 1. The minimum absolute atomic E-state index is 0. The number of halogens is 1. The Morgan fingerprint density at radius 3 is 2.67 bits per heavy atom. The molecule has 11 heteroatoms. The quantitative estimate of drug-likeness (QED) is 0.404. The highest BCUT2D eigenvalue weighted by Crippen LogP contribution is 2.24. The molecule has 5 rings (SSSR count). The summed E-state index contributed by atoms with van der Waals surface area (Å²) in [6.07, 6.45) is 4.66. The normalized spacial score (nSPS) is 16.3. The van der Waals surface area contributed by atoms with Crippen molar-refractivity contribution >= 4 is 49.9 Å². The van der Waals surface area contributed by atoms with Gasteiger partial charge in [-0.15, -0.1) is 0 Å². The van der Waals surface area contributed by atoms with Crippen LogP contribution in [-0.4, -0.2) is 59.4 Å². The monoisotopic (exact) mass is 528 g/mol. The van der Waals surface area contributed by atoms with Crippen LogP contribution in [0.2, 0.25) is 5.02 Å². The molecule has 0 unspecified atom stereocenters. The number of fused-ring (bicyclic) bond motifs is 1. The Morgan fingerprint density at radius 1 is 1.14 bits per heavy atom. The smallest absolute Gasteiger partial charge is 0.263 e. The Bertz CT molecular complexity index is 1500. The van der Waals surface area contributed by atoms with Gasteiger partial charge < -0.3 is 14.4 Å². The van der Waals surface area contributed by atoms with Gasteiger partial charge in [0.1, 0.15) is 18.7 Å². The van der Waals surface area contributed by atoms with Gasteiger partial charge in [-0.25, -0.2) is 18.4 Å². The van der Waals surface area contributed by atoms with Gasteiger partial charge in [-0.3, -0.25) is 9.52 Å². The third-order valence-electron chi connectivity index (χ3n) is 6.32. The van der Waals surface area contributed by atoms with Crippen LogP contribution in [0.5, 0.6) is 0 Å². The third kappa shape index (κ3) is 5.00. The maximum Gasteiger partial charge on any atom is 0.263 e. The largest absolute Gasteiger partial charge is 0.368 e. The number of nitrogens with one attached hydrogen (secondary N) is 1. The fraction of sp³-hybridized carbons (Fsp3) is 0.240. The lowest BCUT2D eigenvalue weighted by Crippen LogP contribution is -2.54. The third-order valence-corrected chi connectivity index (χ3v) is 7.93. The SMILES string of the molecule is C[C@@H]1CN(c2ccc(S(=O)(=O)Nc3ccncn3)cc2)CCN1C(=O)Cn1ccc2ccc(Cl)cc21.[HH].[HH]. The molecule has 2 aromatic carbocycles. The summed E-state index contributed by atoms with van der Waals surface area (Å²) in [6.45, 7) is 4.16. The fourth-order valence-electron chi connectivity index (χ4n) is 4.48. The van der Waals surface area contributed by atoms with Gasteiger partial charge in [0.15, 0.2) is 0 Å². The molecule has 9 nitrogen and oxygen atoms in total. The molecule has 3 heterocycles. The molecule has 190 valence electrons. The van der Waals surface area contributed by atoms with Gasteiger partial charge in [0.05, 0.1) is 4.90 Å². The van der Waals surface area contributed by atoms with Crippen LogP contribution in [0.4, 0.5) is 11.5 Å². The van der Waals surface area contributed by atoms with E-state index in [0.717, 1.165) is 16.6 Å². The molecule has 0 radical (unpaired) electrons. The molecule has 1 fully saturated rings. The molecular weight excluding hydrogens is 500 g/mol. The number of carbonyl (C=O) groups is 1. The zero-order chi connectivity index (χ0) is 25.3.